The third kappa shape index (κ3) is 5.33. The number of nitrogens with zero attached hydrogens (tertiary/aromatic N) is 4. The molecule has 0 N–H and O–H groups in total. The zero-order valence-electron chi connectivity index (χ0n) is 16.0. The van der Waals surface area contributed by atoms with Crippen molar-refractivity contribution in [3.63, 3.8) is 0 Å². The molecule has 1 unspecified atom stereocenters. The van der Waals surface area contributed by atoms with Crippen molar-refractivity contribution in [3.05, 3.63) is 41.7 Å². The molecule has 0 spiro atoms. The molecule has 1 fully saturated rings. The number of benzene rings is 1. The van der Waals surface area contributed by atoms with Gasteiger partial charge in [-0.25, -0.2) is 4.79 Å². The molecule has 1 aliphatic rings. The fourth-order valence-corrected chi connectivity index (χ4v) is 3.01. The molecule has 1 aliphatic carbocycles. The summed E-state index contributed by atoms with van der Waals surface area (Å²) in [5.41, 5.74) is 0.810. The maximum absolute atomic E-state index is 12.9. The SMILES string of the molecule is Cc1nn(-c2ccccc2)nc1C(=O)OCC(=O)N(CC(F)(F)F)C(C)C1CC1. The lowest BCUT2D eigenvalue weighted by atomic mass is 10.2. The molecular formula is C19H21F3N4O3. The minimum absolute atomic E-state index is 0.0463. The van der Waals surface area contributed by atoms with Crippen molar-refractivity contribution >= 4 is 11.9 Å². The van der Waals surface area contributed by atoms with Crippen molar-refractivity contribution in [2.24, 2.45) is 5.92 Å². The summed E-state index contributed by atoms with van der Waals surface area (Å²) in [6.45, 7) is 0.975. The Bertz CT molecular complexity index is 879. The quantitative estimate of drug-likeness (QED) is 0.656. The Labute approximate surface area is 165 Å². The van der Waals surface area contributed by atoms with Crippen molar-refractivity contribution in [2.45, 2.75) is 38.9 Å². The van der Waals surface area contributed by atoms with Gasteiger partial charge in [-0.3, -0.25) is 4.79 Å². The number of alkyl halides is 3. The molecule has 1 heterocycles. The van der Waals surface area contributed by atoms with E-state index in [0.29, 0.717) is 5.69 Å². The van der Waals surface area contributed by atoms with E-state index in [2.05, 4.69) is 10.2 Å². The highest BCUT2D eigenvalue weighted by molar-refractivity contribution is 5.90. The predicted molar refractivity (Wildman–Crippen MR) is 96.3 cm³/mol. The van der Waals surface area contributed by atoms with E-state index in [1.54, 1.807) is 38.1 Å². The van der Waals surface area contributed by atoms with Crippen molar-refractivity contribution in [1.29, 1.82) is 0 Å². The Balaban J connectivity index is 1.66. The molecule has 0 aliphatic heterocycles. The maximum atomic E-state index is 12.9. The van der Waals surface area contributed by atoms with Gasteiger partial charge in [0.1, 0.15) is 6.54 Å². The van der Waals surface area contributed by atoms with Crippen LogP contribution in [0.1, 0.15) is 35.9 Å². The summed E-state index contributed by atoms with van der Waals surface area (Å²) in [5, 5.41) is 8.19. The Morgan fingerprint density at radius 3 is 2.48 bits per heavy atom. The van der Waals surface area contributed by atoms with Crippen LogP contribution in [-0.2, 0) is 9.53 Å². The van der Waals surface area contributed by atoms with Crippen LogP contribution in [0.4, 0.5) is 13.2 Å². The highest BCUT2D eigenvalue weighted by Gasteiger charge is 2.40. The number of para-hydroxylation sites is 1. The average molecular weight is 410 g/mol. The van der Waals surface area contributed by atoms with Gasteiger partial charge >= 0.3 is 12.1 Å². The third-order valence-electron chi connectivity index (χ3n) is 4.76. The van der Waals surface area contributed by atoms with E-state index < -0.39 is 37.2 Å². The van der Waals surface area contributed by atoms with Crippen LogP contribution >= 0.6 is 0 Å². The number of hydrogen-bond acceptors (Lipinski definition) is 5. The molecule has 156 valence electrons. The van der Waals surface area contributed by atoms with Gasteiger partial charge in [0, 0.05) is 6.04 Å². The number of hydrogen-bond donors (Lipinski definition) is 0. The lowest BCUT2D eigenvalue weighted by Gasteiger charge is -2.30. The lowest BCUT2D eigenvalue weighted by molar-refractivity contribution is -0.167. The van der Waals surface area contributed by atoms with Crippen molar-refractivity contribution in [3.8, 4) is 5.69 Å². The van der Waals surface area contributed by atoms with Crippen LogP contribution in [0.5, 0.6) is 0 Å². The zero-order chi connectivity index (χ0) is 21.2. The summed E-state index contributed by atoms with van der Waals surface area (Å²) < 4.78 is 43.6. The number of halogens is 3. The van der Waals surface area contributed by atoms with Crippen LogP contribution in [-0.4, -0.2) is 57.1 Å². The van der Waals surface area contributed by atoms with Gasteiger partial charge in [0.15, 0.2) is 12.3 Å². The second-order valence-corrected chi connectivity index (χ2v) is 7.05. The molecule has 1 aromatic carbocycles. The van der Waals surface area contributed by atoms with Gasteiger partial charge in [-0.1, -0.05) is 18.2 Å². The van der Waals surface area contributed by atoms with Crippen LogP contribution < -0.4 is 0 Å². The maximum Gasteiger partial charge on any atom is 0.406 e. The van der Waals surface area contributed by atoms with Gasteiger partial charge in [-0.05, 0) is 44.7 Å². The molecule has 1 amide bonds. The fourth-order valence-electron chi connectivity index (χ4n) is 3.01. The van der Waals surface area contributed by atoms with E-state index in [9.17, 15) is 22.8 Å². The molecule has 29 heavy (non-hydrogen) atoms. The third-order valence-corrected chi connectivity index (χ3v) is 4.76. The monoisotopic (exact) mass is 410 g/mol. The van der Waals surface area contributed by atoms with E-state index in [1.165, 1.54) is 4.80 Å². The van der Waals surface area contributed by atoms with Gasteiger partial charge in [0.25, 0.3) is 5.91 Å². The van der Waals surface area contributed by atoms with Crippen LogP contribution in [0, 0.1) is 12.8 Å². The second kappa shape index (κ2) is 8.22. The van der Waals surface area contributed by atoms with E-state index in [1.807, 2.05) is 6.07 Å². The first kappa shape index (κ1) is 20.8. The summed E-state index contributed by atoms with van der Waals surface area (Å²) in [6.07, 6.45) is -2.97. The molecule has 1 aromatic heterocycles. The number of carbonyl (C=O) groups is 2. The minimum atomic E-state index is -4.53. The van der Waals surface area contributed by atoms with Gasteiger partial charge in [-0.15, -0.1) is 5.10 Å². The number of rotatable bonds is 7. The predicted octanol–water partition coefficient (Wildman–Crippen LogP) is 2.92. The number of esters is 1. The van der Waals surface area contributed by atoms with E-state index in [0.717, 1.165) is 17.7 Å². The van der Waals surface area contributed by atoms with Gasteiger partial charge < -0.3 is 9.64 Å². The fraction of sp³-hybridized carbons (Fsp3) is 0.474. The van der Waals surface area contributed by atoms with Gasteiger partial charge in [0.2, 0.25) is 0 Å². The topological polar surface area (TPSA) is 77.3 Å². The number of amides is 1. The van der Waals surface area contributed by atoms with Crippen molar-refractivity contribution in [1.82, 2.24) is 19.9 Å². The van der Waals surface area contributed by atoms with Crippen molar-refractivity contribution in [2.75, 3.05) is 13.2 Å². The molecular weight excluding hydrogens is 389 g/mol. The molecule has 10 heteroatoms. The summed E-state index contributed by atoms with van der Waals surface area (Å²) in [4.78, 5) is 26.6. The van der Waals surface area contributed by atoms with Crippen LogP contribution in [0.3, 0.4) is 0 Å². The lowest BCUT2D eigenvalue weighted by Crippen LogP contribution is -2.47. The summed E-state index contributed by atoms with van der Waals surface area (Å²) >= 11 is 0. The normalized spacial score (nSPS) is 15.1. The smallest absolute Gasteiger partial charge is 0.406 e. The summed E-state index contributed by atoms with van der Waals surface area (Å²) in [6, 6.07) is 8.29. The zero-order valence-corrected chi connectivity index (χ0v) is 16.0. The molecule has 7 nitrogen and oxygen atoms in total. The highest BCUT2D eigenvalue weighted by atomic mass is 19.4. The minimum Gasteiger partial charge on any atom is -0.451 e. The first-order chi connectivity index (χ1) is 13.7. The van der Waals surface area contributed by atoms with Crippen molar-refractivity contribution < 1.29 is 27.5 Å². The van der Waals surface area contributed by atoms with Crippen LogP contribution in [0.2, 0.25) is 0 Å². The molecule has 1 saturated carbocycles. The van der Waals surface area contributed by atoms with E-state index in [4.69, 9.17) is 4.74 Å². The number of aryl methyl sites for hydroxylation is 1. The summed E-state index contributed by atoms with van der Waals surface area (Å²) in [5.74, 6) is -1.75. The van der Waals surface area contributed by atoms with Gasteiger partial charge in [0.05, 0.1) is 11.4 Å². The second-order valence-electron chi connectivity index (χ2n) is 7.05. The van der Waals surface area contributed by atoms with Gasteiger partial charge in [-0.2, -0.15) is 23.1 Å². The summed E-state index contributed by atoms with van der Waals surface area (Å²) in [7, 11) is 0. The standard InChI is InChI=1S/C19H21F3N4O3/c1-12-17(24-26(23-12)15-6-4-3-5-7-15)18(28)29-10-16(27)25(11-19(20,21)22)13(2)14-8-9-14/h3-7,13-14H,8-11H2,1-2H3. The Morgan fingerprint density at radius 1 is 1.24 bits per heavy atom. The number of aromatic nitrogens is 3. The average Bonchev–Trinajstić information content (AvgIpc) is 3.45. The molecule has 0 saturated heterocycles. The Morgan fingerprint density at radius 2 is 1.90 bits per heavy atom. The number of ether oxygens (including phenoxy) is 1. The van der Waals surface area contributed by atoms with E-state index in [-0.39, 0.29) is 17.3 Å². The first-order valence-electron chi connectivity index (χ1n) is 9.18. The highest BCUT2D eigenvalue weighted by Crippen LogP contribution is 2.36. The van der Waals surface area contributed by atoms with Crippen LogP contribution in [0.25, 0.3) is 5.69 Å². The molecule has 0 radical (unpaired) electrons. The first-order valence-corrected chi connectivity index (χ1v) is 9.18. The largest absolute Gasteiger partial charge is 0.451 e. The number of carbonyl (C=O) groups excluding carboxylic acids is 2. The molecule has 3 rings (SSSR count). The molecule has 1 atom stereocenters. The van der Waals surface area contributed by atoms with E-state index >= 15 is 0 Å². The Hall–Kier alpha value is -2.91. The molecule has 0 bridgehead atoms. The Kier molecular flexibility index (Phi) is 5.90. The van der Waals surface area contributed by atoms with Crippen LogP contribution in [0.15, 0.2) is 30.3 Å². The molecule has 2 aromatic rings.